The number of amides is 1. The number of hydrogen-bond donors (Lipinski definition) is 1. The average molecular weight is 197 g/mol. The molecule has 1 unspecified atom stereocenters. The normalized spacial score (nSPS) is 11.9. The highest BCUT2D eigenvalue weighted by atomic mass is 16.2. The van der Waals surface area contributed by atoms with Crippen LogP contribution in [0.5, 0.6) is 0 Å². The van der Waals surface area contributed by atoms with Gasteiger partial charge in [-0.1, -0.05) is 6.92 Å². The van der Waals surface area contributed by atoms with Crippen molar-refractivity contribution in [1.29, 1.82) is 5.26 Å². The van der Waals surface area contributed by atoms with Crippen LogP contribution in [0.3, 0.4) is 0 Å². The minimum atomic E-state index is 0.0160. The van der Waals surface area contributed by atoms with E-state index in [1.807, 2.05) is 13.0 Å². The van der Waals surface area contributed by atoms with Gasteiger partial charge in [-0.15, -0.1) is 0 Å². The van der Waals surface area contributed by atoms with Crippen LogP contribution >= 0.6 is 0 Å². The molecule has 4 heteroatoms. The summed E-state index contributed by atoms with van der Waals surface area (Å²) in [6, 6.07) is 2.02. The maximum Gasteiger partial charge on any atom is 0.225 e. The molecule has 0 saturated heterocycles. The minimum absolute atomic E-state index is 0.0160. The lowest BCUT2D eigenvalue weighted by Gasteiger charge is -2.19. The zero-order valence-electron chi connectivity index (χ0n) is 8.99. The highest BCUT2D eigenvalue weighted by molar-refractivity contribution is 5.78. The summed E-state index contributed by atoms with van der Waals surface area (Å²) in [6.45, 7) is 3.04. The van der Waals surface area contributed by atoms with Crippen molar-refractivity contribution in [3.63, 3.8) is 0 Å². The van der Waals surface area contributed by atoms with Gasteiger partial charge in [0, 0.05) is 19.5 Å². The first kappa shape index (κ1) is 12.9. The van der Waals surface area contributed by atoms with Crippen molar-refractivity contribution in [3.05, 3.63) is 0 Å². The van der Waals surface area contributed by atoms with E-state index in [0.29, 0.717) is 19.5 Å². The third-order valence-corrected chi connectivity index (χ3v) is 2.20. The number of hydrogen-bond acceptors (Lipinski definition) is 3. The summed E-state index contributed by atoms with van der Waals surface area (Å²) in [5.41, 5.74) is 5.37. The Morgan fingerprint density at radius 2 is 2.29 bits per heavy atom. The van der Waals surface area contributed by atoms with Crippen LogP contribution in [-0.2, 0) is 4.79 Å². The van der Waals surface area contributed by atoms with Crippen molar-refractivity contribution in [2.75, 3.05) is 20.1 Å². The molecule has 1 amide bonds. The fraction of sp³-hybridized carbons (Fsp3) is 0.800. The van der Waals surface area contributed by atoms with Gasteiger partial charge in [0.05, 0.1) is 12.5 Å². The standard InChI is InChI=1S/C10H19N3O/c1-9(5-3-6-11)10(14)13(2)8-4-7-12/h9H,3-6,8,11H2,1-2H3. The Labute approximate surface area is 85.7 Å². The first-order valence-electron chi connectivity index (χ1n) is 4.95. The number of nitriles is 1. The van der Waals surface area contributed by atoms with Gasteiger partial charge < -0.3 is 10.6 Å². The highest BCUT2D eigenvalue weighted by Gasteiger charge is 2.16. The van der Waals surface area contributed by atoms with Crippen molar-refractivity contribution in [1.82, 2.24) is 4.90 Å². The smallest absolute Gasteiger partial charge is 0.225 e. The van der Waals surface area contributed by atoms with Gasteiger partial charge in [-0.3, -0.25) is 4.79 Å². The lowest BCUT2D eigenvalue weighted by molar-refractivity contribution is -0.133. The second-order valence-electron chi connectivity index (χ2n) is 3.50. The van der Waals surface area contributed by atoms with E-state index in [1.54, 1.807) is 11.9 Å². The number of nitrogens with zero attached hydrogens (tertiary/aromatic N) is 2. The van der Waals surface area contributed by atoms with E-state index in [0.717, 1.165) is 12.8 Å². The van der Waals surface area contributed by atoms with Crippen molar-refractivity contribution in [2.45, 2.75) is 26.2 Å². The Kier molecular flexibility index (Phi) is 6.77. The molecule has 0 spiro atoms. The van der Waals surface area contributed by atoms with Crippen LogP contribution in [0, 0.1) is 17.2 Å². The molecule has 0 aromatic rings. The number of carbonyl (C=O) groups excluding carboxylic acids is 1. The Bertz CT molecular complexity index is 210. The molecule has 4 nitrogen and oxygen atoms in total. The Morgan fingerprint density at radius 3 is 2.79 bits per heavy atom. The van der Waals surface area contributed by atoms with Gasteiger partial charge in [0.2, 0.25) is 5.91 Å². The van der Waals surface area contributed by atoms with Gasteiger partial charge in [0.25, 0.3) is 0 Å². The average Bonchev–Trinajstić information content (AvgIpc) is 2.21. The van der Waals surface area contributed by atoms with E-state index in [-0.39, 0.29) is 11.8 Å². The predicted molar refractivity (Wildman–Crippen MR) is 55.3 cm³/mol. The van der Waals surface area contributed by atoms with Crippen LogP contribution in [-0.4, -0.2) is 30.9 Å². The van der Waals surface area contributed by atoms with Crippen molar-refractivity contribution in [2.24, 2.45) is 11.7 Å². The predicted octanol–water partition coefficient (Wildman–Crippen LogP) is 0.733. The van der Waals surface area contributed by atoms with E-state index in [1.165, 1.54) is 0 Å². The van der Waals surface area contributed by atoms with Gasteiger partial charge in [0.15, 0.2) is 0 Å². The topological polar surface area (TPSA) is 70.1 Å². The third kappa shape index (κ3) is 4.83. The van der Waals surface area contributed by atoms with Gasteiger partial charge in [-0.25, -0.2) is 0 Å². The summed E-state index contributed by atoms with van der Waals surface area (Å²) < 4.78 is 0. The fourth-order valence-corrected chi connectivity index (χ4v) is 1.25. The molecule has 80 valence electrons. The second kappa shape index (κ2) is 7.34. The largest absolute Gasteiger partial charge is 0.344 e. The third-order valence-electron chi connectivity index (χ3n) is 2.20. The van der Waals surface area contributed by atoms with E-state index in [4.69, 9.17) is 11.0 Å². The number of nitrogens with two attached hydrogens (primary N) is 1. The molecule has 0 saturated carbocycles. The molecule has 0 bridgehead atoms. The van der Waals surface area contributed by atoms with Gasteiger partial charge in [-0.2, -0.15) is 5.26 Å². The number of rotatable bonds is 6. The Morgan fingerprint density at radius 1 is 1.64 bits per heavy atom. The van der Waals surface area contributed by atoms with E-state index >= 15 is 0 Å². The minimum Gasteiger partial charge on any atom is -0.344 e. The zero-order chi connectivity index (χ0) is 11.0. The maximum absolute atomic E-state index is 11.6. The number of carbonyl (C=O) groups is 1. The monoisotopic (exact) mass is 197 g/mol. The van der Waals surface area contributed by atoms with Crippen LogP contribution in [0.25, 0.3) is 0 Å². The molecule has 0 aliphatic rings. The van der Waals surface area contributed by atoms with Crippen LogP contribution in [0.15, 0.2) is 0 Å². The van der Waals surface area contributed by atoms with Crippen LogP contribution in [0.1, 0.15) is 26.2 Å². The van der Waals surface area contributed by atoms with Crippen LogP contribution < -0.4 is 5.73 Å². The van der Waals surface area contributed by atoms with Crippen molar-refractivity contribution in [3.8, 4) is 6.07 Å². The van der Waals surface area contributed by atoms with Crippen molar-refractivity contribution < 1.29 is 4.79 Å². The van der Waals surface area contributed by atoms with Gasteiger partial charge in [-0.05, 0) is 19.4 Å². The summed E-state index contributed by atoms with van der Waals surface area (Å²) in [5.74, 6) is 0.121. The molecule has 2 N–H and O–H groups in total. The first-order valence-corrected chi connectivity index (χ1v) is 4.95. The molecule has 0 rings (SSSR count). The Balaban J connectivity index is 3.85. The van der Waals surface area contributed by atoms with Crippen molar-refractivity contribution >= 4 is 5.91 Å². The lowest BCUT2D eigenvalue weighted by atomic mass is 10.0. The molecule has 0 aliphatic heterocycles. The molecule has 0 aliphatic carbocycles. The SMILES string of the molecule is CC(CCCN)C(=O)N(C)CCC#N. The van der Waals surface area contributed by atoms with Gasteiger partial charge >= 0.3 is 0 Å². The molecular formula is C10H19N3O. The molecule has 0 fully saturated rings. The Hall–Kier alpha value is -1.08. The fourth-order valence-electron chi connectivity index (χ4n) is 1.25. The molecule has 14 heavy (non-hydrogen) atoms. The van der Waals surface area contributed by atoms with Crippen LogP contribution in [0.2, 0.25) is 0 Å². The summed E-state index contributed by atoms with van der Waals surface area (Å²) >= 11 is 0. The lowest BCUT2D eigenvalue weighted by Crippen LogP contribution is -2.32. The van der Waals surface area contributed by atoms with E-state index in [9.17, 15) is 4.79 Å². The summed E-state index contributed by atoms with van der Waals surface area (Å²) in [4.78, 5) is 13.2. The molecule has 0 radical (unpaired) electrons. The summed E-state index contributed by atoms with van der Waals surface area (Å²) in [5, 5.41) is 8.37. The van der Waals surface area contributed by atoms with Crippen LogP contribution in [0.4, 0.5) is 0 Å². The molecular weight excluding hydrogens is 178 g/mol. The molecule has 0 aromatic heterocycles. The first-order chi connectivity index (χ1) is 6.63. The highest BCUT2D eigenvalue weighted by Crippen LogP contribution is 2.08. The van der Waals surface area contributed by atoms with E-state index in [2.05, 4.69) is 0 Å². The van der Waals surface area contributed by atoms with Gasteiger partial charge in [0.1, 0.15) is 0 Å². The second-order valence-corrected chi connectivity index (χ2v) is 3.50. The maximum atomic E-state index is 11.6. The quantitative estimate of drug-likeness (QED) is 0.682. The van der Waals surface area contributed by atoms with E-state index < -0.39 is 0 Å². The molecule has 1 atom stereocenters. The summed E-state index contributed by atoms with van der Waals surface area (Å²) in [7, 11) is 1.73. The zero-order valence-corrected chi connectivity index (χ0v) is 8.99. The summed E-state index contributed by atoms with van der Waals surface area (Å²) in [6.07, 6.45) is 2.09. The molecule has 0 aromatic carbocycles. The molecule has 0 heterocycles.